The molecule has 1 aliphatic rings. The van der Waals surface area contributed by atoms with Crippen LogP contribution in [0.25, 0.3) is 0 Å². The molecule has 0 aliphatic carbocycles. The van der Waals surface area contributed by atoms with E-state index in [0.29, 0.717) is 6.54 Å². The quantitative estimate of drug-likeness (QED) is 0.826. The summed E-state index contributed by atoms with van der Waals surface area (Å²) in [6.07, 6.45) is 0. The van der Waals surface area contributed by atoms with Gasteiger partial charge in [0.25, 0.3) is 0 Å². The minimum absolute atomic E-state index is 0.102. The highest BCUT2D eigenvalue weighted by molar-refractivity contribution is 5.83. The van der Waals surface area contributed by atoms with Crippen molar-refractivity contribution < 1.29 is 4.79 Å². The van der Waals surface area contributed by atoms with Crippen LogP contribution in [0.1, 0.15) is 18.5 Å². The second-order valence-electron chi connectivity index (χ2n) is 4.49. The van der Waals surface area contributed by atoms with Crippen molar-refractivity contribution in [3.05, 3.63) is 35.9 Å². The van der Waals surface area contributed by atoms with Crippen LogP contribution in [0.15, 0.2) is 30.3 Å². The molecule has 1 aromatic carbocycles. The molecule has 0 bridgehead atoms. The lowest BCUT2D eigenvalue weighted by atomic mass is 10.0. The number of nitrogens with one attached hydrogen (secondary N) is 2. The van der Waals surface area contributed by atoms with Crippen molar-refractivity contribution in [1.82, 2.24) is 15.5 Å². The number of rotatable bonds is 4. The first-order chi connectivity index (χ1) is 8.83. The fraction of sp³-hybridized carbons (Fsp3) is 0.500. The van der Waals surface area contributed by atoms with Crippen molar-refractivity contribution in [3.8, 4) is 0 Å². The first kappa shape index (κ1) is 13.1. The van der Waals surface area contributed by atoms with Crippen LogP contribution in [0.2, 0.25) is 0 Å². The Morgan fingerprint density at radius 1 is 1.33 bits per heavy atom. The molecule has 0 spiro atoms. The van der Waals surface area contributed by atoms with Gasteiger partial charge in [-0.3, -0.25) is 9.69 Å². The van der Waals surface area contributed by atoms with E-state index in [1.807, 2.05) is 37.3 Å². The van der Waals surface area contributed by atoms with E-state index in [4.69, 9.17) is 0 Å². The molecule has 98 valence electrons. The van der Waals surface area contributed by atoms with Crippen molar-refractivity contribution in [3.63, 3.8) is 0 Å². The Morgan fingerprint density at radius 3 is 2.61 bits per heavy atom. The predicted molar refractivity (Wildman–Crippen MR) is 72.3 cm³/mol. The smallest absolute Gasteiger partial charge is 0.241 e. The molecule has 0 aromatic heterocycles. The largest absolute Gasteiger partial charge is 0.355 e. The summed E-state index contributed by atoms with van der Waals surface area (Å²) in [7, 11) is 0. The normalized spacial score (nSPS) is 18.3. The molecule has 1 aromatic rings. The molecule has 0 radical (unpaired) electrons. The van der Waals surface area contributed by atoms with E-state index in [9.17, 15) is 4.79 Å². The SMILES string of the molecule is CCNC(=O)C(c1ccccc1)N1CCNCC1. The van der Waals surface area contributed by atoms with Crippen molar-refractivity contribution in [2.45, 2.75) is 13.0 Å². The second kappa shape index (κ2) is 6.52. The number of amides is 1. The lowest BCUT2D eigenvalue weighted by Crippen LogP contribution is -2.49. The molecule has 2 N–H and O–H groups in total. The molecule has 1 atom stereocenters. The minimum atomic E-state index is -0.159. The molecule has 4 heteroatoms. The zero-order valence-electron chi connectivity index (χ0n) is 10.9. The van der Waals surface area contributed by atoms with Gasteiger partial charge in [-0.1, -0.05) is 30.3 Å². The molecule has 1 amide bonds. The third kappa shape index (κ3) is 3.09. The number of hydrogen-bond donors (Lipinski definition) is 2. The van der Waals surface area contributed by atoms with Crippen LogP contribution in [0.3, 0.4) is 0 Å². The standard InChI is InChI=1S/C14H21N3O/c1-2-16-14(18)13(12-6-4-3-5-7-12)17-10-8-15-9-11-17/h3-7,13,15H,2,8-11H2,1H3,(H,16,18). The highest BCUT2D eigenvalue weighted by Crippen LogP contribution is 2.21. The molecule has 0 saturated carbocycles. The van der Waals surface area contributed by atoms with Gasteiger partial charge in [0, 0.05) is 32.7 Å². The summed E-state index contributed by atoms with van der Waals surface area (Å²) in [4.78, 5) is 14.5. The first-order valence-electron chi connectivity index (χ1n) is 6.60. The maximum atomic E-state index is 12.3. The van der Waals surface area contributed by atoms with Gasteiger partial charge < -0.3 is 10.6 Å². The van der Waals surface area contributed by atoms with Crippen LogP contribution in [-0.2, 0) is 4.79 Å². The van der Waals surface area contributed by atoms with Gasteiger partial charge in [-0.15, -0.1) is 0 Å². The third-order valence-corrected chi connectivity index (χ3v) is 3.23. The van der Waals surface area contributed by atoms with Crippen molar-refractivity contribution in [2.75, 3.05) is 32.7 Å². The van der Waals surface area contributed by atoms with E-state index < -0.39 is 0 Å². The molecule has 1 aliphatic heterocycles. The summed E-state index contributed by atoms with van der Waals surface area (Å²) < 4.78 is 0. The maximum Gasteiger partial charge on any atom is 0.241 e. The number of likely N-dealkylation sites (N-methyl/N-ethyl adjacent to an activating group) is 1. The number of hydrogen-bond acceptors (Lipinski definition) is 3. The maximum absolute atomic E-state index is 12.3. The van der Waals surface area contributed by atoms with Gasteiger partial charge in [0.05, 0.1) is 0 Å². The van der Waals surface area contributed by atoms with E-state index in [1.165, 1.54) is 0 Å². The molecule has 1 heterocycles. The van der Waals surface area contributed by atoms with Gasteiger partial charge in [-0.25, -0.2) is 0 Å². The zero-order valence-corrected chi connectivity index (χ0v) is 10.9. The van der Waals surface area contributed by atoms with E-state index in [0.717, 1.165) is 31.7 Å². The number of piperazine rings is 1. The summed E-state index contributed by atoms with van der Waals surface area (Å²) in [6, 6.07) is 9.86. The highest BCUT2D eigenvalue weighted by atomic mass is 16.2. The predicted octanol–water partition coefficient (Wildman–Crippen LogP) is 0.769. The average molecular weight is 247 g/mol. The number of carbonyl (C=O) groups excluding carboxylic acids is 1. The molecular weight excluding hydrogens is 226 g/mol. The van der Waals surface area contributed by atoms with Crippen molar-refractivity contribution in [1.29, 1.82) is 0 Å². The number of carbonyl (C=O) groups is 1. The Labute approximate surface area is 108 Å². The van der Waals surface area contributed by atoms with E-state index in [2.05, 4.69) is 15.5 Å². The molecule has 2 rings (SSSR count). The molecule has 1 saturated heterocycles. The van der Waals surface area contributed by atoms with E-state index in [1.54, 1.807) is 0 Å². The Balaban J connectivity index is 2.19. The number of benzene rings is 1. The topological polar surface area (TPSA) is 44.4 Å². The summed E-state index contributed by atoms with van der Waals surface area (Å²) in [5.41, 5.74) is 1.07. The average Bonchev–Trinajstić information content (AvgIpc) is 2.42. The molecule has 18 heavy (non-hydrogen) atoms. The van der Waals surface area contributed by atoms with E-state index >= 15 is 0 Å². The third-order valence-electron chi connectivity index (χ3n) is 3.23. The first-order valence-corrected chi connectivity index (χ1v) is 6.60. The van der Waals surface area contributed by atoms with Crippen molar-refractivity contribution >= 4 is 5.91 Å². The van der Waals surface area contributed by atoms with Gasteiger partial charge in [-0.05, 0) is 12.5 Å². The van der Waals surface area contributed by atoms with Crippen LogP contribution in [0.5, 0.6) is 0 Å². The summed E-state index contributed by atoms with van der Waals surface area (Å²) >= 11 is 0. The van der Waals surface area contributed by atoms with Crippen LogP contribution in [0.4, 0.5) is 0 Å². The van der Waals surface area contributed by atoms with Gasteiger partial charge in [0.2, 0.25) is 5.91 Å². The Bertz CT molecular complexity index is 374. The monoisotopic (exact) mass is 247 g/mol. The summed E-state index contributed by atoms with van der Waals surface area (Å²) in [6.45, 7) is 6.35. The lowest BCUT2D eigenvalue weighted by Gasteiger charge is -2.34. The minimum Gasteiger partial charge on any atom is -0.355 e. The fourth-order valence-corrected chi connectivity index (χ4v) is 2.37. The van der Waals surface area contributed by atoms with Gasteiger partial charge in [-0.2, -0.15) is 0 Å². The van der Waals surface area contributed by atoms with Crippen LogP contribution in [-0.4, -0.2) is 43.5 Å². The Hall–Kier alpha value is -1.39. The van der Waals surface area contributed by atoms with E-state index in [-0.39, 0.29) is 11.9 Å². The molecule has 1 fully saturated rings. The van der Waals surface area contributed by atoms with Gasteiger partial charge in [0.15, 0.2) is 0 Å². The summed E-state index contributed by atoms with van der Waals surface area (Å²) in [5.74, 6) is 0.102. The zero-order chi connectivity index (χ0) is 12.8. The van der Waals surface area contributed by atoms with Crippen molar-refractivity contribution in [2.24, 2.45) is 0 Å². The highest BCUT2D eigenvalue weighted by Gasteiger charge is 2.27. The lowest BCUT2D eigenvalue weighted by molar-refractivity contribution is -0.126. The van der Waals surface area contributed by atoms with Crippen LogP contribution >= 0.6 is 0 Å². The fourth-order valence-electron chi connectivity index (χ4n) is 2.37. The molecular formula is C14H21N3O. The Kier molecular flexibility index (Phi) is 4.73. The number of nitrogens with zero attached hydrogens (tertiary/aromatic N) is 1. The van der Waals surface area contributed by atoms with Gasteiger partial charge in [0.1, 0.15) is 6.04 Å². The van der Waals surface area contributed by atoms with Crippen LogP contribution in [0, 0.1) is 0 Å². The second-order valence-corrected chi connectivity index (χ2v) is 4.49. The van der Waals surface area contributed by atoms with Gasteiger partial charge >= 0.3 is 0 Å². The Morgan fingerprint density at radius 2 is 2.00 bits per heavy atom. The molecule has 4 nitrogen and oxygen atoms in total. The summed E-state index contributed by atoms with van der Waals surface area (Å²) in [5, 5.41) is 6.26. The van der Waals surface area contributed by atoms with Crippen LogP contribution < -0.4 is 10.6 Å². The molecule has 1 unspecified atom stereocenters.